The summed E-state index contributed by atoms with van der Waals surface area (Å²) in [6, 6.07) is 2.63. The number of hydroxylamine groups is 1. The van der Waals surface area contributed by atoms with Crippen LogP contribution in [-0.4, -0.2) is 40.0 Å². The summed E-state index contributed by atoms with van der Waals surface area (Å²) in [5.74, 6) is -0.536. The van der Waals surface area contributed by atoms with E-state index in [2.05, 4.69) is 10.3 Å². The van der Waals surface area contributed by atoms with Gasteiger partial charge in [0.1, 0.15) is 12.7 Å². The van der Waals surface area contributed by atoms with Crippen LogP contribution in [0, 0.1) is 0 Å². The van der Waals surface area contributed by atoms with Crippen molar-refractivity contribution in [3.8, 4) is 0 Å². The number of aliphatic hydroxyl groups excluding tert-OH is 2. The third kappa shape index (κ3) is 3.99. The normalized spacial score (nSPS) is 12.2. The van der Waals surface area contributed by atoms with Gasteiger partial charge in [0.2, 0.25) is 5.56 Å². The number of rotatable bonds is 5. The molecule has 0 aliphatic rings. The number of hydrogen-bond acceptors (Lipinski definition) is 5. The van der Waals surface area contributed by atoms with E-state index in [1.165, 1.54) is 29.9 Å². The average Bonchev–Trinajstić information content (AvgIpc) is 2.32. The van der Waals surface area contributed by atoms with E-state index in [1.807, 2.05) is 0 Å². The van der Waals surface area contributed by atoms with E-state index in [4.69, 9.17) is 10.2 Å². The van der Waals surface area contributed by atoms with E-state index in [9.17, 15) is 9.59 Å². The Morgan fingerprint density at radius 1 is 1.59 bits per heavy atom. The van der Waals surface area contributed by atoms with Gasteiger partial charge < -0.3 is 14.8 Å². The van der Waals surface area contributed by atoms with E-state index >= 15 is 0 Å². The van der Waals surface area contributed by atoms with Crippen LogP contribution >= 0.6 is 0 Å². The Bertz CT molecular complexity index is 443. The summed E-state index contributed by atoms with van der Waals surface area (Å²) in [5.41, 5.74) is 2.12. The number of pyridine rings is 1. The first kappa shape index (κ1) is 13.4. The monoisotopic (exact) mass is 242 g/mol. The van der Waals surface area contributed by atoms with Gasteiger partial charge in [-0.25, -0.2) is 5.48 Å². The van der Waals surface area contributed by atoms with Gasteiger partial charge in [-0.05, 0) is 6.07 Å². The van der Waals surface area contributed by atoms with Gasteiger partial charge in [-0.1, -0.05) is 0 Å². The Balaban J connectivity index is 2.52. The van der Waals surface area contributed by atoms with Crippen LogP contribution in [0.5, 0.6) is 0 Å². The first-order chi connectivity index (χ1) is 8.04. The molecular formula is C10H14N2O5. The largest absolute Gasteiger partial charge is 0.394 e. The molecule has 0 aliphatic heterocycles. The summed E-state index contributed by atoms with van der Waals surface area (Å²) in [6.45, 7) is -0.663. The number of aromatic nitrogens is 1. The second-order valence-electron chi connectivity index (χ2n) is 3.45. The minimum Gasteiger partial charge on any atom is -0.394 e. The SMILES string of the molecule is Cn1cc(C(=O)NOC[C@@H](O)CO)ccc1=O. The standard InChI is InChI=1S/C10H14N2O5/c1-12-4-7(2-3-9(12)15)10(16)11-17-6-8(14)5-13/h2-4,8,13-14H,5-6H2,1H3,(H,11,16)/t8-/m0/s1. The summed E-state index contributed by atoms with van der Waals surface area (Å²) in [5, 5.41) is 17.5. The van der Waals surface area contributed by atoms with Gasteiger partial charge in [0.25, 0.3) is 5.91 Å². The van der Waals surface area contributed by atoms with E-state index in [0.717, 1.165) is 0 Å². The summed E-state index contributed by atoms with van der Waals surface area (Å²) in [7, 11) is 1.52. The van der Waals surface area contributed by atoms with E-state index in [-0.39, 0.29) is 17.7 Å². The molecule has 7 nitrogen and oxygen atoms in total. The Hall–Kier alpha value is -1.70. The van der Waals surface area contributed by atoms with Crippen molar-refractivity contribution in [1.82, 2.24) is 10.0 Å². The molecule has 1 aromatic heterocycles. The Morgan fingerprint density at radius 3 is 2.88 bits per heavy atom. The molecule has 0 aromatic carbocycles. The maximum atomic E-state index is 11.5. The molecule has 0 saturated heterocycles. The van der Waals surface area contributed by atoms with Crippen LogP contribution in [0.4, 0.5) is 0 Å². The molecule has 0 fully saturated rings. The smallest absolute Gasteiger partial charge is 0.276 e. The first-order valence-electron chi connectivity index (χ1n) is 4.92. The van der Waals surface area contributed by atoms with Crippen molar-refractivity contribution >= 4 is 5.91 Å². The topological polar surface area (TPSA) is 101 Å². The van der Waals surface area contributed by atoms with Crippen LogP contribution in [0.2, 0.25) is 0 Å². The molecule has 0 unspecified atom stereocenters. The quantitative estimate of drug-likeness (QED) is 0.540. The molecule has 1 rings (SSSR count). The Morgan fingerprint density at radius 2 is 2.29 bits per heavy atom. The fraction of sp³-hybridized carbons (Fsp3) is 0.400. The van der Waals surface area contributed by atoms with Crippen molar-refractivity contribution in [2.24, 2.45) is 7.05 Å². The molecule has 0 aliphatic carbocycles. The van der Waals surface area contributed by atoms with Crippen molar-refractivity contribution in [2.75, 3.05) is 13.2 Å². The number of amides is 1. The lowest BCUT2D eigenvalue weighted by molar-refractivity contribution is -0.0295. The minimum absolute atomic E-state index is 0.214. The highest BCUT2D eigenvalue weighted by atomic mass is 16.7. The zero-order valence-electron chi connectivity index (χ0n) is 9.29. The molecule has 0 spiro atoms. The van der Waals surface area contributed by atoms with Crippen molar-refractivity contribution in [3.63, 3.8) is 0 Å². The molecule has 3 N–H and O–H groups in total. The summed E-state index contributed by atoms with van der Waals surface area (Å²) < 4.78 is 1.26. The second-order valence-corrected chi connectivity index (χ2v) is 3.45. The highest BCUT2D eigenvalue weighted by Crippen LogP contribution is 1.94. The molecular weight excluding hydrogens is 228 g/mol. The molecule has 0 bridgehead atoms. The van der Waals surface area contributed by atoms with Gasteiger partial charge in [-0.2, -0.15) is 0 Å². The van der Waals surface area contributed by atoms with E-state index < -0.39 is 18.6 Å². The molecule has 7 heteroatoms. The fourth-order valence-electron chi connectivity index (χ4n) is 1.04. The number of hydrogen-bond donors (Lipinski definition) is 3. The lowest BCUT2D eigenvalue weighted by atomic mass is 10.3. The van der Waals surface area contributed by atoms with Gasteiger partial charge in [-0.3, -0.25) is 14.4 Å². The van der Waals surface area contributed by atoms with Crippen LogP contribution in [0.1, 0.15) is 10.4 Å². The fourth-order valence-corrected chi connectivity index (χ4v) is 1.04. The second kappa shape index (κ2) is 6.14. The van der Waals surface area contributed by atoms with Gasteiger partial charge in [-0.15, -0.1) is 0 Å². The van der Waals surface area contributed by atoms with Crippen molar-refractivity contribution < 1.29 is 19.8 Å². The molecule has 1 heterocycles. The predicted molar refractivity (Wildman–Crippen MR) is 58.2 cm³/mol. The number of nitrogens with one attached hydrogen (secondary N) is 1. The van der Waals surface area contributed by atoms with E-state index in [0.29, 0.717) is 0 Å². The highest BCUT2D eigenvalue weighted by molar-refractivity contribution is 5.93. The zero-order valence-corrected chi connectivity index (χ0v) is 9.29. The molecule has 1 aromatic rings. The highest BCUT2D eigenvalue weighted by Gasteiger charge is 2.08. The van der Waals surface area contributed by atoms with Crippen molar-refractivity contribution in [2.45, 2.75) is 6.10 Å². The van der Waals surface area contributed by atoms with Gasteiger partial charge in [0.15, 0.2) is 0 Å². The summed E-state index contributed by atoms with van der Waals surface area (Å²) in [4.78, 5) is 27.2. The Labute approximate surface area is 97.2 Å². The lowest BCUT2D eigenvalue weighted by Gasteiger charge is -2.09. The zero-order chi connectivity index (χ0) is 12.8. The maximum absolute atomic E-state index is 11.5. The molecule has 94 valence electrons. The van der Waals surface area contributed by atoms with Crippen LogP contribution in [0.3, 0.4) is 0 Å². The maximum Gasteiger partial charge on any atom is 0.276 e. The lowest BCUT2D eigenvalue weighted by Crippen LogP contribution is -2.30. The Kier molecular flexibility index (Phi) is 4.83. The number of aliphatic hydroxyl groups is 2. The van der Waals surface area contributed by atoms with Crippen molar-refractivity contribution in [3.05, 3.63) is 34.2 Å². The average molecular weight is 242 g/mol. The van der Waals surface area contributed by atoms with Crippen LogP contribution < -0.4 is 11.0 Å². The van der Waals surface area contributed by atoms with Crippen LogP contribution in [0.25, 0.3) is 0 Å². The number of carbonyl (C=O) groups excluding carboxylic acids is 1. The van der Waals surface area contributed by atoms with Crippen LogP contribution in [0.15, 0.2) is 23.1 Å². The third-order valence-corrected chi connectivity index (χ3v) is 2.00. The third-order valence-electron chi connectivity index (χ3n) is 2.00. The number of aryl methyl sites for hydroxylation is 1. The summed E-state index contributed by atoms with van der Waals surface area (Å²) in [6.07, 6.45) is 0.319. The first-order valence-corrected chi connectivity index (χ1v) is 4.92. The van der Waals surface area contributed by atoms with Gasteiger partial charge in [0.05, 0.1) is 12.2 Å². The molecule has 0 saturated carbocycles. The van der Waals surface area contributed by atoms with E-state index in [1.54, 1.807) is 0 Å². The van der Waals surface area contributed by atoms with Gasteiger partial charge >= 0.3 is 0 Å². The molecule has 1 atom stereocenters. The molecule has 0 radical (unpaired) electrons. The number of carbonyl (C=O) groups is 1. The molecule has 1 amide bonds. The van der Waals surface area contributed by atoms with Crippen LogP contribution in [-0.2, 0) is 11.9 Å². The minimum atomic E-state index is -1.05. The molecule has 17 heavy (non-hydrogen) atoms. The number of nitrogens with zero attached hydrogens (tertiary/aromatic N) is 1. The summed E-state index contributed by atoms with van der Waals surface area (Å²) >= 11 is 0. The van der Waals surface area contributed by atoms with Crippen molar-refractivity contribution in [1.29, 1.82) is 0 Å². The van der Waals surface area contributed by atoms with Gasteiger partial charge in [0, 0.05) is 19.3 Å². The predicted octanol–water partition coefficient (Wildman–Crippen LogP) is -1.60.